The highest BCUT2D eigenvalue weighted by Gasteiger charge is 2.08. The fraction of sp³-hybridized carbons (Fsp3) is 0.500. The summed E-state index contributed by atoms with van der Waals surface area (Å²) in [4.78, 5) is 0. The molecule has 0 spiro atoms. The molecular formula is C6H14Cl2N4O. The van der Waals surface area contributed by atoms with E-state index in [0.29, 0.717) is 11.5 Å². The van der Waals surface area contributed by atoms with Crippen LogP contribution in [0.3, 0.4) is 0 Å². The van der Waals surface area contributed by atoms with Crippen molar-refractivity contribution in [3.8, 4) is 0 Å². The second kappa shape index (κ2) is 5.90. The zero-order valence-electron chi connectivity index (χ0n) is 7.43. The van der Waals surface area contributed by atoms with Gasteiger partial charge < -0.3 is 16.2 Å². The molecule has 5 nitrogen and oxygen atoms in total. The first-order chi connectivity index (χ1) is 5.16. The lowest BCUT2D eigenvalue weighted by Crippen LogP contribution is -2.11. The SMILES string of the molecule is COC(C)n1ncc(N)c1N.Cl.Cl. The van der Waals surface area contributed by atoms with Crippen LogP contribution in [0.1, 0.15) is 13.2 Å². The molecule has 1 aromatic heterocycles. The topological polar surface area (TPSA) is 79.1 Å². The van der Waals surface area contributed by atoms with Crippen molar-refractivity contribution in [2.45, 2.75) is 13.2 Å². The monoisotopic (exact) mass is 228 g/mol. The number of nitrogens with zero attached hydrogens (tertiary/aromatic N) is 2. The summed E-state index contributed by atoms with van der Waals surface area (Å²) in [6.45, 7) is 1.84. The molecular weight excluding hydrogens is 215 g/mol. The summed E-state index contributed by atoms with van der Waals surface area (Å²) in [5.74, 6) is 0.444. The third-order valence-corrected chi connectivity index (χ3v) is 1.55. The van der Waals surface area contributed by atoms with Crippen molar-refractivity contribution in [3.05, 3.63) is 6.20 Å². The number of nitrogens with two attached hydrogens (primary N) is 2. The Labute approximate surface area is 89.2 Å². The minimum Gasteiger partial charge on any atom is -0.394 e. The molecule has 0 fully saturated rings. The highest BCUT2D eigenvalue weighted by atomic mass is 35.5. The van der Waals surface area contributed by atoms with Crippen LogP contribution in [0.2, 0.25) is 0 Å². The van der Waals surface area contributed by atoms with E-state index < -0.39 is 0 Å². The van der Waals surface area contributed by atoms with Gasteiger partial charge in [-0.25, -0.2) is 4.68 Å². The molecule has 0 aliphatic heterocycles. The first-order valence-electron chi connectivity index (χ1n) is 3.28. The van der Waals surface area contributed by atoms with Crippen LogP contribution in [0.4, 0.5) is 11.5 Å². The molecule has 0 saturated carbocycles. The molecule has 78 valence electrons. The molecule has 0 amide bonds. The van der Waals surface area contributed by atoms with Crippen LogP contribution in [0.15, 0.2) is 6.20 Å². The Balaban J connectivity index is 0. The zero-order chi connectivity index (χ0) is 8.43. The summed E-state index contributed by atoms with van der Waals surface area (Å²) < 4.78 is 6.52. The Morgan fingerprint density at radius 2 is 2.00 bits per heavy atom. The van der Waals surface area contributed by atoms with Crippen molar-refractivity contribution in [1.82, 2.24) is 9.78 Å². The summed E-state index contributed by atoms with van der Waals surface area (Å²) in [7, 11) is 1.59. The molecule has 1 rings (SSSR count). The second-order valence-electron chi connectivity index (χ2n) is 2.26. The molecule has 1 atom stereocenters. The maximum Gasteiger partial charge on any atom is 0.149 e. The lowest BCUT2D eigenvalue weighted by atomic mass is 10.5. The van der Waals surface area contributed by atoms with Crippen molar-refractivity contribution in [3.63, 3.8) is 0 Å². The van der Waals surface area contributed by atoms with E-state index in [1.165, 1.54) is 10.9 Å². The number of methoxy groups -OCH3 is 1. The van der Waals surface area contributed by atoms with Crippen molar-refractivity contribution in [2.24, 2.45) is 0 Å². The van der Waals surface area contributed by atoms with E-state index in [4.69, 9.17) is 16.2 Å². The van der Waals surface area contributed by atoms with Crippen molar-refractivity contribution in [2.75, 3.05) is 18.6 Å². The van der Waals surface area contributed by atoms with Crippen molar-refractivity contribution in [1.29, 1.82) is 0 Å². The summed E-state index contributed by atoms with van der Waals surface area (Å²) in [6, 6.07) is 0. The van der Waals surface area contributed by atoms with Crippen molar-refractivity contribution < 1.29 is 4.74 Å². The molecule has 0 aliphatic carbocycles. The number of anilines is 2. The quantitative estimate of drug-likeness (QED) is 0.794. The van der Waals surface area contributed by atoms with E-state index in [9.17, 15) is 0 Å². The van der Waals surface area contributed by atoms with Crippen LogP contribution in [-0.4, -0.2) is 16.9 Å². The molecule has 4 N–H and O–H groups in total. The average Bonchev–Trinajstić information content (AvgIpc) is 2.32. The molecule has 0 aromatic carbocycles. The third kappa shape index (κ3) is 2.95. The highest BCUT2D eigenvalue weighted by Crippen LogP contribution is 2.17. The standard InChI is InChI=1S/C6H12N4O.2ClH/c1-4(11-2)10-6(8)5(7)3-9-10;;/h3-4H,7-8H2,1-2H3;2*1H. The molecule has 7 heteroatoms. The lowest BCUT2D eigenvalue weighted by Gasteiger charge is -2.10. The fourth-order valence-electron chi connectivity index (χ4n) is 0.775. The average molecular weight is 229 g/mol. The van der Waals surface area contributed by atoms with Gasteiger partial charge in [-0.1, -0.05) is 0 Å². The van der Waals surface area contributed by atoms with Crippen LogP contribution in [-0.2, 0) is 4.74 Å². The molecule has 1 aromatic rings. The van der Waals surface area contributed by atoms with E-state index in [0.717, 1.165) is 0 Å². The van der Waals surface area contributed by atoms with Gasteiger partial charge in [0.05, 0.1) is 11.9 Å². The second-order valence-corrected chi connectivity index (χ2v) is 2.26. The molecule has 0 aliphatic rings. The number of halogens is 2. The van der Waals surface area contributed by atoms with Crippen LogP contribution in [0, 0.1) is 0 Å². The molecule has 0 radical (unpaired) electrons. The normalized spacial score (nSPS) is 11.2. The van der Waals surface area contributed by atoms with Gasteiger partial charge in [-0.05, 0) is 6.92 Å². The highest BCUT2D eigenvalue weighted by molar-refractivity contribution is 5.85. The Kier molecular flexibility index (Phi) is 6.75. The van der Waals surface area contributed by atoms with Crippen LogP contribution in [0.25, 0.3) is 0 Å². The van der Waals surface area contributed by atoms with E-state index in [2.05, 4.69) is 5.10 Å². The van der Waals surface area contributed by atoms with Crippen LogP contribution in [0.5, 0.6) is 0 Å². The number of rotatable bonds is 2. The smallest absolute Gasteiger partial charge is 0.149 e. The van der Waals surface area contributed by atoms with Gasteiger partial charge >= 0.3 is 0 Å². The largest absolute Gasteiger partial charge is 0.394 e. The third-order valence-electron chi connectivity index (χ3n) is 1.55. The Hall–Kier alpha value is -0.650. The predicted molar refractivity (Wildman–Crippen MR) is 57.3 cm³/mol. The van der Waals surface area contributed by atoms with Gasteiger partial charge in [-0.15, -0.1) is 24.8 Å². The van der Waals surface area contributed by atoms with Gasteiger partial charge in [0.25, 0.3) is 0 Å². The summed E-state index contributed by atoms with van der Waals surface area (Å²) in [6.07, 6.45) is 1.33. The zero-order valence-corrected chi connectivity index (χ0v) is 9.06. The number of ether oxygens (including phenoxy) is 1. The molecule has 0 saturated heterocycles. The Morgan fingerprint density at radius 1 is 1.46 bits per heavy atom. The maximum atomic E-state index is 5.57. The number of aromatic nitrogens is 2. The van der Waals surface area contributed by atoms with Gasteiger partial charge in [0.15, 0.2) is 0 Å². The summed E-state index contributed by atoms with van der Waals surface area (Å²) in [5, 5.41) is 3.93. The van der Waals surface area contributed by atoms with Gasteiger partial charge in [0.1, 0.15) is 12.0 Å². The number of hydrogen-bond acceptors (Lipinski definition) is 4. The number of hydrogen-bond donors (Lipinski definition) is 2. The van der Waals surface area contributed by atoms with E-state index in [1.807, 2.05) is 6.92 Å². The predicted octanol–water partition coefficient (Wildman–Crippen LogP) is 1.06. The van der Waals surface area contributed by atoms with Crippen molar-refractivity contribution >= 4 is 36.3 Å². The van der Waals surface area contributed by atoms with E-state index in [-0.39, 0.29) is 31.0 Å². The minimum absolute atomic E-state index is 0. The van der Waals surface area contributed by atoms with Gasteiger partial charge in [-0.2, -0.15) is 5.10 Å². The van der Waals surface area contributed by atoms with Crippen LogP contribution < -0.4 is 11.5 Å². The lowest BCUT2D eigenvalue weighted by molar-refractivity contribution is 0.0521. The molecule has 13 heavy (non-hydrogen) atoms. The fourth-order valence-corrected chi connectivity index (χ4v) is 0.775. The van der Waals surface area contributed by atoms with Gasteiger partial charge in [0, 0.05) is 7.11 Å². The van der Waals surface area contributed by atoms with Gasteiger partial charge in [0.2, 0.25) is 0 Å². The van der Waals surface area contributed by atoms with Gasteiger partial charge in [-0.3, -0.25) is 0 Å². The van der Waals surface area contributed by atoms with E-state index >= 15 is 0 Å². The number of nitrogen functional groups attached to an aromatic ring is 2. The maximum absolute atomic E-state index is 5.57. The Bertz CT molecular complexity index is 253. The van der Waals surface area contributed by atoms with E-state index in [1.54, 1.807) is 7.11 Å². The summed E-state index contributed by atoms with van der Waals surface area (Å²) in [5.41, 5.74) is 11.5. The Morgan fingerprint density at radius 3 is 2.31 bits per heavy atom. The first kappa shape index (κ1) is 14.9. The molecule has 0 bridgehead atoms. The first-order valence-corrected chi connectivity index (χ1v) is 3.28. The van der Waals surface area contributed by atoms with Crippen LogP contribution >= 0.6 is 24.8 Å². The molecule has 1 heterocycles. The minimum atomic E-state index is -0.174. The molecule has 1 unspecified atom stereocenters. The summed E-state index contributed by atoms with van der Waals surface area (Å²) >= 11 is 0.